The van der Waals surface area contributed by atoms with Crippen molar-refractivity contribution >= 4 is 23.3 Å². The van der Waals surface area contributed by atoms with E-state index in [1.165, 1.54) is 0 Å². The number of likely N-dealkylation sites (tertiary alicyclic amines) is 1. The van der Waals surface area contributed by atoms with E-state index in [2.05, 4.69) is 15.6 Å². The SMILES string of the molecule is O=C(NCc1cn2ccccc2n1)[C@@H]1CCCN(C(=O)Nc2ccccc2)C1. The molecule has 144 valence electrons. The Morgan fingerprint density at radius 2 is 1.93 bits per heavy atom. The summed E-state index contributed by atoms with van der Waals surface area (Å²) < 4.78 is 1.93. The van der Waals surface area contributed by atoms with Crippen molar-refractivity contribution in [3.63, 3.8) is 0 Å². The highest BCUT2D eigenvalue weighted by Gasteiger charge is 2.28. The van der Waals surface area contributed by atoms with Gasteiger partial charge in [-0.1, -0.05) is 24.3 Å². The maximum atomic E-state index is 12.6. The fourth-order valence-electron chi connectivity index (χ4n) is 3.49. The number of rotatable bonds is 4. The van der Waals surface area contributed by atoms with E-state index in [1.807, 2.05) is 65.3 Å². The molecule has 1 saturated heterocycles. The van der Waals surface area contributed by atoms with Gasteiger partial charge >= 0.3 is 6.03 Å². The van der Waals surface area contributed by atoms with Gasteiger partial charge in [0, 0.05) is 31.2 Å². The molecule has 3 amide bonds. The summed E-state index contributed by atoms with van der Waals surface area (Å²) in [7, 11) is 0. The first kappa shape index (κ1) is 18.0. The summed E-state index contributed by atoms with van der Waals surface area (Å²) in [6, 6.07) is 15.0. The summed E-state index contributed by atoms with van der Waals surface area (Å²) in [6.07, 6.45) is 5.44. The van der Waals surface area contributed by atoms with Crippen LogP contribution < -0.4 is 10.6 Å². The van der Waals surface area contributed by atoms with Gasteiger partial charge in [-0.15, -0.1) is 0 Å². The number of imidazole rings is 1. The number of hydrogen-bond donors (Lipinski definition) is 2. The van der Waals surface area contributed by atoms with Gasteiger partial charge in [0.1, 0.15) is 5.65 Å². The predicted octanol–water partition coefficient (Wildman–Crippen LogP) is 2.89. The van der Waals surface area contributed by atoms with Crippen molar-refractivity contribution < 1.29 is 9.59 Å². The van der Waals surface area contributed by atoms with Crippen molar-refractivity contribution in [2.45, 2.75) is 19.4 Å². The quantitative estimate of drug-likeness (QED) is 0.734. The first-order chi connectivity index (χ1) is 13.7. The Morgan fingerprint density at radius 1 is 1.11 bits per heavy atom. The number of nitrogens with one attached hydrogen (secondary N) is 2. The lowest BCUT2D eigenvalue weighted by molar-refractivity contribution is -0.126. The minimum atomic E-state index is -0.202. The third-order valence-corrected chi connectivity index (χ3v) is 4.96. The number of amides is 3. The average molecular weight is 377 g/mol. The second kappa shape index (κ2) is 8.12. The summed E-state index contributed by atoms with van der Waals surface area (Å²) in [4.78, 5) is 31.3. The van der Waals surface area contributed by atoms with E-state index in [9.17, 15) is 9.59 Å². The molecular weight excluding hydrogens is 354 g/mol. The number of benzene rings is 1. The van der Waals surface area contributed by atoms with Gasteiger partial charge in [-0.25, -0.2) is 9.78 Å². The Morgan fingerprint density at radius 3 is 2.75 bits per heavy atom. The first-order valence-corrected chi connectivity index (χ1v) is 9.50. The molecule has 1 aromatic carbocycles. The molecule has 0 bridgehead atoms. The molecule has 0 aliphatic carbocycles. The van der Waals surface area contributed by atoms with Crippen LogP contribution in [-0.2, 0) is 11.3 Å². The smallest absolute Gasteiger partial charge is 0.321 e. The topological polar surface area (TPSA) is 78.7 Å². The number of para-hydroxylation sites is 1. The number of nitrogens with zero attached hydrogens (tertiary/aromatic N) is 3. The van der Waals surface area contributed by atoms with Crippen molar-refractivity contribution in [2.24, 2.45) is 5.92 Å². The monoisotopic (exact) mass is 377 g/mol. The van der Waals surface area contributed by atoms with Gasteiger partial charge in [0.25, 0.3) is 0 Å². The predicted molar refractivity (Wildman–Crippen MR) is 107 cm³/mol. The van der Waals surface area contributed by atoms with Crippen molar-refractivity contribution in [1.29, 1.82) is 0 Å². The minimum absolute atomic E-state index is 0.0331. The standard InChI is InChI=1S/C21H23N5O2/c27-20(22-13-18-15-25-11-5-4-10-19(25)23-18)16-7-6-12-26(14-16)21(28)24-17-8-2-1-3-9-17/h1-5,8-11,15-16H,6-7,12-14H2,(H,22,27)(H,24,28)/t16-/m1/s1. The van der Waals surface area contributed by atoms with Crippen LogP contribution in [0.3, 0.4) is 0 Å². The Labute approximate surface area is 163 Å². The van der Waals surface area contributed by atoms with E-state index >= 15 is 0 Å². The number of anilines is 1. The molecule has 28 heavy (non-hydrogen) atoms. The number of aromatic nitrogens is 2. The minimum Gasteiger partial charge on any atom is -0.350 e. The van der Waals surface area contributed by atoms with Crippen molar-refractivity contribution in [2.75, 3.05) is 18.4 Å². The van der Waals surface area contributed by atoms with Gasteiger partial charge in [0.05, 0.1) is 18.2 Å². The van der Waals surface area contributed by atoms with Crippen LogP contribution in [0.25, 0.3) is 5.65 Å². The Balaban J connectivity index is 1.32. The lowest BCUT2D eigenvalue weighted by atomic mass is 9.97. The highest BCUT2D eigenvalue weighted by atomic mass is 16.2. The van der Waals surface area contributed by atoms with Crippen LogP contribution in [0.4, 0.5) is 10.5 Å². The highest BCUT2D eigenvalue weighted by Crippen LogP contribution is 2.18. The molecule has 3 heterocycles. The number of carbonyl (C=O) groups excluding carboxylic acids is 2. The molecular formula is C21H23N5O2. The van der Waals surface area contributed by atoms with Gasteiger partial charge in [-0.05, 0) is 37.1 Å². The third kappa shape index (κ3) is 4.14. The third-order valence-electron chi connectivity index (χ3n) is 4.96. The number of piperidine rings is 1. The van der Waals surface area contributed by atoms with Gasteiger partial charge in [0.2, 0.25) is 5.91 Å². The zero-order valence-corrected chi connectivity index (χ0v) is 15.5. The second-order valence-corrected chi connectivity index (χ2v) is 7.00. The number of carbonyl (C=O) groups is 2. The first-order valence-electron chi connectivity index (χ1n) is 9.50. The summed E-state index contributed by atoms with van der Waals surface area (Å²) in [6.45, 7) is 1.47. The molecule has 0 saturated carbocycles. The van der Waals surface area contributed by atoms with Crippen LogP contribution in [0.2, 0.25) is 0 Å². The van der Waals surface area contributed by atoms with Crippen LogP contribution in [0.1, 0.15) is 18.5 Å². The highest BCUT2D eigenvalue weighted by molar-refractivity contribution is 5.90. The molecule has 2 aromatic heterocycles. The van der Waals surface area contributed by atoms with E-state index in [0.29, 0.717) is 19.6 Å². The average Bonchev–Trinajstić information content (AvgIpc) is 3.16. The van der Waals surface area contributed by atoms with Gasteiger partial charge in [-0.3, -0.25) is 4.79 Å². The van der Waals surface area contributed by atoms with Gasteiger partial charge < -0.3 is 19.9 Å². The second-order valence-electron chi connectivity index (χ2n) is 7.00. The molecule has 4 rings (SSSR count). The van der Waals surface area contributed by atoms with Crippen LogP contribution in [-0.4, -0.2) is 39.3 Å². The molecule has 7 nitrogen and oxygen atoms in total. The van der Waals surface area contributed by atoms with E-state index in [4.69, 9.17) is 0 Å². The van der Waals surface area contributed by atoms with E-state index in [-0.39, 0.29) is 17.9 Å². The molecule has 0 unspecified atom stereocenters. The number of pyridine rings is 1. The fourth-order valence-corrected chi connectivity index (χ4v) is 3.49. The van der Waals surface area contributed by atoms with Gasteiger partial charge in [-0.2, -0.15) is 0 Å². The van der Waals surface area contributed by atoms with E-state index < -0.39 is 0 Å². The van der Waals surface area contributed by atoms with Gasteiger partial charge in [0.15, 0.2) is 0 Å². The molecule has 1 fully saturated rings. The van der Waals surface area contributed by atoms with E-state index in [0.717, 1.165) is 29.9 Å². The zero-order valence-electron chi connectivity index (χ0n) is 15.5. The summed E-state index contributed by atoms with van der Waals surface area (Å²) in [5.74, 6) is -0.235. The molecule has 3 aromatic rings. The summed E-state index contributed by atoms with van der Waals surface area (Å²) in [5, 5.41) is 5.85. The van der Waals surface area contributed by atoms with Crippen LogP contribution in [0.15, 0.2) is 60.9 Å². The summed E-state index contributed by atoms with van der Waals surface area (Å²) in [5.41, 5.74) is 2.42. The largest absolute Gasteiger partial charge is 0.350 e. The number of urea groups is 1. The normalized spacial score (nSPS) is 16.7. The summed E-state index contributed by atoms with van der Waals surface area (Å²) >= 11 is 0. The Hall–Kier alpha value is -3.35. The fraction of sp³-hybridized carbons (Fsp3) is 0.286. The van der Waals surface area contributed by atoms with Crippen molar-refractivity contribution in [3.8, 4) is 0 Å². The van der Waals surface area contributed by atoms with Crippen LogP contribution in [0, 0.1) is 5.92 Å². The molecule has 7 heteroatoms. The van der Waals surface area contributed by atoms with Crippen molar-refractivity contribution in [1.82, 2.24) is 19.6 Å². The molecule has 2 N–H and O–H groups in total. The number of fused-ring (bicyclic) bond motifs is 1. The molecule has 1 atom stereocenters. The maximum Gasteiger partial charge on any atom is 0.321 e. The molecule has 1 aliphatic rings. The Kier molecular flexibility index (Phi) is 5.23. The molecule has 0 spiro atoms. The Bertz CT molecular complexity index is 936. The lowest BCUT2D eigenvalue weighted by Crippen LogP contribution is -2.46. The lowest BCUT2D eigenvalue weighted by Gasteiger charge is -2.32. The van der Waals surface area contributed by atoms with Crippen LogP contribution >= 0.6 is 0 Å². The number of hydrogen-bond acceptors (Lipinski definition) is 3. The molecule has 1 aliphatic heterocycles. The van der Waals surface area contributed by atoms with E-state index in [1.54, 1.807) is 4.90 Å². The van der Waals surface area contributed by atoms with Crippen molar-refractivity contribution in [3.05, 3.63) is 66.6 Å². The zero-order chi connectivity index (χ0) is 19.3. The van der Waals surface area contributed by atoms with Crippen LogP contribution in [0.5, 0.6) is 0 Å². The molecule has 0 radical (unpaired) electrons. The maximum absolute atomic E-state index is 12.6.